The molecular weight excluding hydrogens is 406 g/mol. The number of rotatable bonds is 9. The SMILES string of the molecule is CC(C)COc1cccc(/C(O)=C2/C(=O)C(=O)N(CCCN(C)C)C2c2ccccn2)c1. The first-order valence-electron chi connectivity index (χ1n) is 10.9. The van der Waals surface area contributed by atoms with Gasteiger partial charge in [-0.1, -0.05) is 32.0 Å². The number of carbonyl (C=O) groups is 2. The van der Waals surface area contributed by atoms with Crippen LogP contribution in [0.15, 0.2) is 54.2 Å². The fraction of sp³-hybridized carbons (Fsp3) is 0.400. The molecule has 0 radical (unpaired) electrons. The minimum Gasteiger partial charge on any atom is -0.507 e. The van der Waals surface area contributed by atoms with Crippen LogP contribution in [0.2, 0.25) is 0 Å². The summed E-state index contributed by atoms with van der Waals surface area (Å²) in [5, 5.41) is 11.2. The molecule has 0 bridgehead atoms. The fourth-order valence-electron chi connectivity index (χ4n) is 3.66. The van der Waals surface area contributed by atoms with Crippen molar-refractivity contribution in [2.45, 2.75) is 26.3 Å². The van der Waals surface area contributed by atoms with Gasteiger partial charge in [0, 0.05) is 18.3 Å². The molecular formula is C25H31N3O4. The van der Waals surface area contributed by atoms with E-state index in [0.29, 0.717) is 42.5 Å². The predicted molar refractivity (Wildman–Crippen MR) is 123 cm³/mol. The van der Waals surface area contributed by atoms with E-state index in [-0.39, 0.29) is 11.3 Å². The molecule has 2 heterocycles. The number of hydrogen-bond acceptors (Lipinski definition) is 6. The van der Waals surface area contributed by atoms with Gasteiger partial charge in [0.15, 0.2) is 0 Å². The molecule has 2 aromatic rings. The Hall–Kier alpha value is -3.19. The molecule has 1 fully saturated rings. The van der Waals surface area contributed by atoms with Crippen molar-refractivity contribution >= 4 is 17.4 Å². The van der Waals surface area contributed by atoms with E-state index in [4.69, 9.17) is 4.74 Å². The number of benzene rings is 1. The summed E-state index contributed by atoms with van der Waals surface area (Å²) in [4.78, 5) is 33.9. The van der Waals surface area contributed by atoms with E-state index >= 15 is 0 Å². The van der Waals surface area contributed by atoms with Gasteiger partial charge in [-0.05, 0) is 57.2 Å². The van der Waals surface area contributed by atoms with Crippen LogP contribution in [0.1, 0.15) is 37.6 Å². The third-order valence-corrected chi connectivity index (χ3v) is 5.20. The van der Waals surface area contributed by atoms with E-state index in [1.165, 1.54) is 4.90 Å². The van der Waals surface area contributed by atoms with E-state index in [9.17, 15) is 14.7 Å². The maximum atomic E-state index is 13.0. The van der Waals surface area contributed by atoms with Gasteiger partial charge in [0.2, 0.25) is 0 Å². The van der Waals surface area contributed by atoms with Crippen molar-refractivity contribution < 1.29 is 19.4 Å². The summed E-state index contributed by atoms with van der Waals surface area (Å²) in [7, 11) is 3.91. The van der Waals surface area contributed by atoms with E-state index < -0.39 is 17.7 Å². The molecule has 7 heteroatoms. The van der Waals surface area contributed by atoms with Gasteiger partial charge in [-0.3, -0.25) is 14.6 Å². The van der Waals surface area contributed by atoms with Crippen LogP contribution >= 0.6 is 0 Å². The average molecular weight is 438 g/mol. The minimum atomic E-state index is -0.737. The zero-order valence-electron chi connectivity index (χ0n) is 19.1. The molecule has 170 valence electrons. The number of amides is 1. The van der Waals surface area contributed by atoms with E-state index in [1.54, 1.807) is 42.6 Å². The lowest BCUT2D eigenvalue weighted by Gasteiger charge is -2.25. The predicted octanol–water partition coefficient (Wildman–Crippen LogP) is 3.49. The van der Waals surface area contributed by atoms with Crippen molar-refractivity contribution in [2.24, 2.45) is 5.92 Å². The highest BCUT2D eigenvalue weighted by atomic mass is 16.5. The number of aliphatic hydroxyl groups excluding tert-OH is 1. The third kappa shape index (κ3) is 5.34. The van der Waals surface area contributed by atoms with Crippen molar-refractivity contribution in [1.82, 2.24) is 14.8 Å². The summed E-state index contributed by atoms with van der Waals surface area (Å²) >= 11 is 0. The van der Waals surface area contributed by atoms with Crippen molar-refractivity contribution in [3.63, 3.8) is 0 Å². The summed E-state index contributed by atoms with van der Waals surface area (Å²) in [5.74, 6) is -0.588. The molecule has 1 N–H and O–H groups in total. The van der Waals surface area contributed by atoms with E-state index in [1.807, 2.05) is 25.1 Å². The average Bonchev–Trinajstić information content (AvgIpc) is 3.03. The van der Waals surface area contributed by atoms with E-state index in [0.717, 1.165) is 6.54 Å². The van der Waals surface area contributed by atoms with Gasteiger partial charge >= 0.3 is 0 Å². The molecule has 1 aromatic carbocycles. The molecule has 1 aromatic heterocycles. The Balaban J connectivity index is 2.02. The summed E-state index contributed by atoms with van der Waals surface area (Å²) < 4.78 is 5.76. The topological polar surface area (TPSA) is 83.0 Å². The van der Waals surface area contributed by atoms with E-state index in [2.05, 4.69) is 18.8 Å². The second-order valence-corrected chi connectivity index (χ2v) is 8.64. The van der Waals surface area contributed by atoms with Crippen LogP contribution in [0.5, 0.6) is 5.75 Å². The highest BCUT2D eigenvalue weighted by Gasteiger charge is 2.46. The first-order chi connectivity index (χ1) is 15.3. The van der Waals surface area contributed by atoms with Crippen molar-refractivity contribution in [1.29, 1.82) is 0 Å². The molecule has 0 saturated carbocycles. The second kappa shape index (κ2) is 10.4. The van der Waals surface area contributed by atoms with Crippen LogP contribution < -0.4 is 4.74 Å². The Bertz CT molecular complexity index is 986. The maximum Gasteiger partial charge on any atom is 0.295 e. The number of ketones is 1. The number of likely N-dealkylation sites (tertiary alicyclic amines) is 1. The Morgan fingerprint density at radius 2 is 1.97 bits per heavy atom. The molecule has 3 rings (SSSR count). The largest absolute Gasteiger partial charge is 0.507 e. The molecule has 32 heavy (non-hydrogen) atoms. The Morgan fingerprint density at radius 3 is 2.62 bits per heavy atom. The van der Waals surface area contributed by atoms with Crippen LogP contribution in [-0.2, 0) is 9.59 Å². The molecule has 7 nitrogen and oxygen atoms in total. The molecule has 1 aliphatic rings. The number of ether oxygens (including phenoxy) is 1. The van der Waals surface area contributed by atoms with Gasteiger partial charge in [0.25, 0.3) is 11.7 Å². The van der Waals surface area contributed by atoms with Gasteiger partial charge in [-0.15, -0.1) is 0 Å². The van der Waals surface area contributed by atoms with Gasteiger partial charge in [0.05, 0.1) is 17.9 Å². The standard InChI is InChI=1S/C25H31N3O4/c1-17(2)16-32-19-10-7-9-18(15-19)23(29)21-22(20-11-5-6-12-26-20)28(25(31)24(21)30)14-8-13-27(3)4/h5-7,9-12,15,17,22,29H,8,13-14,16H2,1-4H3/b23-21-. The van der Waals surface area contributed by atoms with Crippen molar-refractivity contribution in [3.05, 3.63) is 65.5 Å². The number of nitrogens with zero attached hydrogens (tertiary/aromatic N) is 3. The molecule has 1 aliphatic heterocycles. The number of Topliss-reactive ketones (excluding diaryl/α,β-unsaturated/α-hetero) is 1. The molecule has 1 atom stereocenters. The molecule has 1 unspecified atom stereocenters. The number of aliphatic hydroxyl groups is 1. The molecule has 0 aliphatic carbocycles. The lowest BCUT2D eigenvalue weighted by atomic mass is 9.98. The van der Waals surface area contributed by atoms with Crippen LogP contribution in [0.4, 0.5) is 0 Å². The van der Waals surface area contributed by atoms with Crippen LogP contribution in [0.25, 0.3) is 5.76 Å². The zero-order chi connectivity index (χ0) is 23.3. The van der Waals surface area contributed by atoms with Crippen molar-refractivity contribution in [3.8, 4) is 5.75 Å². The van der Waals surface area contributed by atoms with Crippen molar-refractivity contribution in [2.75, 3.05) is 33.8 Å². The smallest absolute Gasteiger partial charge is 0.295 e. The highest BCUT2D eigenvalue weighted by molar-refractivity contribution is 6.46. The van der Waals surface area contributed by atoms with Crippen LogP contribution in [0, 0.1) is 5.92 Å². The summed E-state index contributed by atoms with van der Waals surface area (Å²) in [6.07, 6.45) is 2.32. The van der Waals surface area contributed by atoms with Gasteiger partial charge in [0.1, 0.15) is 17.6 Å². The fourth-order valence-corrected chi connectivity index (χ4v) is 3.66. The van der Waals surface area contributed by atoms with Gasteiger partial charge in [-0.2, -0.15) is 0 Å². The van der Waals surface area contributed by atoms with Gasteiger partial charge in [-0.25, -0.2) is 0 Å². The van der Waals surface area contributed by atoms with Gasteiger partial charge < -0.3 is 19.6 Å². The number of pyridine rings is 1. The Labute approximate surface area is 189 Å². The third-order valence-electron chi connectivity index (χ3n) is 5.20. The monoisotopic (exact) mass is 437 g/mol. The summed E-state index contributed by atoms with van der Waals surface area (Å²) in [6, 6.07) is 11.6. The summed E-state index contributed by atoms with van der Waals surface area (Å²) in [6.45, 7) is 5.79. The normalized spacial score (nSPS) is 18.1. The second-order valence-electron chi connectivity index (χ2n) is 8.64. The highest BCUT2D eigenvalue weighted by Crippen LogP contribution is 2.39. The molecule has 1 saturated heterocycles. The minimum absolute atomic E-state index is 0.0552. The first kappa shape index (κ1) is 23.5. The number of carbonyl (C=O) groups excluding carboxylic acids is 2. The Morgan fingerprint density at radius 1 is 1.19 bits per heavy atom. The lowest BCUT2D eigenvalue weighted by Crippen LogP contribution is -2.32. The maximum absolute atomic E-state index is 13.0. The quantitative estimate of drug-likeness (QED) is 0.367. The molecule has 1 amide bonds. The summed E-state index contributed by atoms with van der Waals surface area (Å²) in [5.41, 5.74) is 1.03. The number of hydrogen-bond donors (Lipinski definition) is 1. The van der Waals surface area contributed by atoms with Crippen LogP contribution in [0.3, 0.4) is 0 Å². The lowest BCUT2D eigenvalue weighted by molar-refractivity contribution is -0.140. The number of aromatic nitrogens is 1. The molecule has 0 spiro atoms. The first-order valence-corrected chi connectivity index (χ1v) is 10.9. The zero-order valence-corrected chi connectivity index (χ0v) is 19.1. The Kier molecular flexibility index (Phi) is 7.64. The van der Waals surface area contributed by atoms with Crippen LogP contribution in [-0.4, -0.2) is 65.4 Å².